The summed E-state index contributed by atoms with van der Waals surface area (Å²) in [5.74, 6) is 1.64. The van der Waals surface area contributed by atoms with Crippen LogP contribution in [0.2, 0.25) is 0 Å². The van der Waals surface area contributed by atoms with Crippen LogP contribution in [0, 0.1) is 6.92 Å². The Morgan fingerprint density at radius 2 is 1.88 bits per heavy atom. The molecule has 0 spiro atoms. The molecule has 2 aliphatic rings. The average molecular weight is 354 g/mol. The molecule has 1 aliphatic carbocycles. The molecule has 0 bridgehead atoms. The molecule has 1 saturated carbocycles. The van der Waals surface area contributed by atoms with Gasteiger partial charge >= 0.3 is 0 Å². The average Bonchev–Trinajstić information content (AvgIpc) is 3.29. The lowest BCUT2D eigenvalue weighted by Crippen LogP contribution is -2.49. The fourth-order valence-corrected chi connectivity index (χ4v) is 4.46. The molecule has 5 nitrogen and oxygen atoms in total. The van der Waals surface area contributed by atoms with Gasteiger partial charge in [-0.3, -0.25) is 4.90 Å². The minimum Gasteiger partial charge on any atom is -0.338 e. The first-order chi connectivity index (χ1) is 12.6. The summed E-state index contributed by atoms with van der Waals surface area (Å²) in [6.45, 7) is 8.37. The highest BCUT2D eigenvalue weighted by Crippen LogP contribution is 2.45. The molecule has 140 valence electrons. The first-order valence-corrected chi connectivity index (χ1v) is 9.90. The quantitative estimate of drug-likeness (QED) is 0.842. The number of piperazine rings is 1. The lowest BCUT2D eigenvalue weighted by Gasteiger charge is -2.36. The van der Waals surface area contributed by atoms with E-state index in [-0.39, 0.29) is 5.41 Å². The maximum absolute atomic E-state index is 5.70. The third-order valence-corrected chi connectivity index (χ3v) is 6.36. The van der Waals surface area contributed by atoms with Crippen LogP contribution >= 0.6 is 0 Å². The van der Waals surface area contributed by atoms with Gasteiger partial charge in [-0.15, -0.1) is 0 Å². The van der Waals surface area contributed by atoms with E-state index >= 15 is 0 Å². The van der Waals surface area contributed by atoms with Crippen LogP contribution in [0.15, 0.2) is 28.8 Å². The minimum atomic E-state index is -0.0646. The van der Waals surface area contributed by atoms with Crippen LogP contribution in [0.3, 0.4) is 0 Å². The number of hydrogen-bond acceptors (Lipinski definition) is 5. The van der Waals surface area contributed by atoms with E-state index in [1.54, 1.807) is 0 Å². The van der Waals surface area contributed by atoms with E-state index in [9.17, 15) is 0 Å². The molecule has 5 heteroatoms. The molecule has 2 heterocycles. The number of hydrogen-bond donors (Lipinski definition) is 0. The van der Waals surface area contributed by atoms with Crippen molar-refractivity contribution in [1.82, 2.24) is 19.9 Å². The van der Waals surface area contributed by atoms with Gasteiger partial charge in [-0.1, -0.05) is 47.8 Å². The molecule has 2 fully saturated rings. The topological polar surface area (TPSA) is 45.4 Å². The second-order valence-electron chi connectivity index (χ2n) is 8.23. The van der Waals surface area contributed by atoms with Crippen molar-refractivity contribution in [2.45, 2.75) is 57.5 Å². The lowest BCUT2D eigenvalue weighted by molar-refractivity contribution is 0.0914. The third kappa shape index (κ3) is 3.30. The fourth-order valence-electron chi connectivity index (χ4n) is 4.46. The Morgan fingerprint density at radius 1 is 1.15 bits per heavy atom. The summed E-state index contributed by atoms with van der Waals surface area (Å²) in [5, 5.41) is 4.45. The Kier molecular flexibility index (Phi) is 4.84. The Morgan fingerprint density at radius 3 is 2.58 bits per heavy atom. The number of nitrogens with zero attached hydrogens (tertiary/aromatic N) is 4. The second kappa shape index (κ2) is 7.12. The summed E-state index contributed by atoms with van der Waals surface area (Å²) in [7, 11) is 2.19. The summed E-state index contributed by atoms with van der Waals surface area (Å²) in [6.07, 6.45) is 4.68. The van der Waals surface area contributed by atoms with Crippen molar-refractivity contribution in [3.63, 3.8) is 0 Å². The highest BCUT2D eigenvalue weighted by molar-refractivity contribution is 5.35. The zero-order valence-corrected chi connectivity index (χ0v) is 16.2. The molecule has 1 saturated heterocycles. The van der Waals surface area contributed by atoms with Gasteiger partial charge < -0.3 is 9.42 Å². The highest BCUT2D eigenvalue weighted by atomic mass is 16.5. The van der Waals surface area contributed by atoms with Crippen molar-refractivity contribution < 1.29 is 4.52 Å². The van der Waals surface area contributed by atoms with E-state index in [0.29, 0.717) is 6.04 Å². The number of rotatable bonds is 4. The molecule has 0 N–H and O–H groups in total. The smallest absolute Gasteiger partial charge is 0.240 e. The lowest BCUT2D eigenvalue weighted by atomic mass is 9.78. The largest absolute Gasteiger partial charge is 0.338 e. The van der Waals surface area contributed by atoms with Crippen molar-refractivity contribution in [1.29, 1.82) is 0 Å². The molecule has 0 radical (unpaired) electrons. The Hall–Kier alpha value is -1.72. The number of benzene rings is 1. The van der Waals surface area contributed by atoms with Crippen LogP contribution in [0.5, 0.6) is 0 Å². The Labute approximate surface area is 156 Å². The van der Waals surface area contributed by atoms with E-state index < -0.39 is 0 Å². The Bertz CT molecular complexity index is 733. The zero-order chi connectivity index (χ0) is 18.1. The standard InChI is InChI=1S/C21H30N4O/c1-16-6-8-18(9-7-16)21(10-4-5-11-21)20-22-19(26-23-20)15-25-13-12-24(3)17(2)14-25/h6-9,17H,4-5,10-15H2,1-3H3/t17-/m1/s1. The fraction of sp³-hybridized carbons (Fsp3) is 0.619. The molecule has 26 heavy (non-hydrogen) atoms. The molecule has 2 aromatic rings. The van der Waals surface area contributed by atoms with Crippen LogP contribution in [-0.4, -0.2) is 52.7 Å². The van der Waals surface area contributed by atoms with Gasteiger partial charge in [-0.25, -0.2) is 0 Å². The molecule has 4 rings (SSSR count). The van der Waals surface area contributed by atoms with Crippen LogP contribution < -0.4 is 0 Å². The van der Waals surface area contributed by atoms with Crippen molar-refractivity contribution in [2.24, 2.45) is 0 Å². The zero-order valence-electron chi connectivity index (χ0n) is 16.2. The SMILES string of the molecule is Cc1ccc(C2(c3noc(CN4CCN(C)[C@H](C)C4)n3)CCCC2)cc1. The van der Waals surface area contributed by atoms with Crippen LogP contribution in [0.4, 0.5) is 0 Å². The molecule has 0 unspecified atom stereocenters. The molecule has 1 aliphatic heterocycles. The van der Waals surface area contributed by atoms with Gasteiger partial charge in [-0.2, -0.15) is 4.98 Å². The van der Waals surface area contributed by atoms with Gasteiger partial charge in [0.25, 0.3) is 0 Å². The summed E-state index contributed by atoms with van der Waals surface area (Å²) in [4.78, 5) is 9.70. The van der Waals surface area contributed by atoms with Crippen molar-refractivity contribution in [3.05, 3.63) is 47.1 Å². The van der Waals surface area contributed by atoms with Crippen LogP contribution in [0.1, 0.15) is 55.4 Å². The molecule has 1 aromatic heterocycles. The predicted molar refractivity (Wildman–Crippen MR) is 102 cm³/mol. The van der Waals surface area contributed by atoms with E-state index in [0.717, 1.165) is 50.7 Å². The third-order valence-electron chi connectivity index (χ3n) is 6.36. The molecular weight excluding hydrogens is 324 g/mol. The maximum Gasteiger partial charge on any atom is 0.240 e. The first-order valence-electron chi connectivity index (χ1n) is 9.90. The van der Waals surface area contributed by atoms with Gasteiger partial charge in [0.1, 0.15) is 0 Å². The summed E-state index contributed by atoms with van der Waals surface area (Å²) in [6, 6.07) is 9.46. The molecule has 1 aromatic carbocycles. The molecular formula is C21H30N4O. The number of aromatic nitrogens is 2. The van der Waals surface area contributed by atoms with Gasteiger partial charge in [0, 0.05) is 25.7 Å². The van der Waals surface area contributed by atoms with Crippen LogP contribution in [0.25, 0.3) is 0 Å². The highest BCUT2D eigenvalue weighted by Gasteiger charge is 2.41. The summed E-state index contributed by atoms with van der Waals surface area (Å²) >= 11 is 0. The number of aryl methyl sites for hydroxylation is 1. The van der Waals surface area contributed by atoms with E-state index in [2.05, 4.69) is 60.1 Å². The minimum absolute atomic E-state index is 0.0646. The molecule has 0 amide bonds. The predicted octanol–water partition coefficient (Wildman–Crippen LogP) is 3.37. The number of likely N-dealkylation sites (N-methyl/N-ethyl adjacent to an activating group) is 1. The summed E-state index contributed by atoms with van der Waals surface area (Å²) < 4.78 is 5.70. The van der Waals surface area contributed by atoms with E-state index in [4.69, 9.17) is 9.51 Å². The molecule has 1 atom stereocenters. The summed E-state index contributed by atoms with van der Waals surface area (Å²) in [5.41, 5.74) is 2.56. The second-order valence-corrected chi connectivity index (χ2v) is 8.23. The van der Waals surface area contributed by atoms with Crippen LogP contribution in [-0.2, 0) is 12.0 Å². The van der Waals surface area contributed by atoms with Crippen molar-refractivity contribution in [3.8, 4) is 0 Å². The van der Waals surface area contributed by atoms with Gasteiger partial charge in [-0.05, 0) is 39.3 Å². The van der Waals surface area contributed by atoms with E-state index in [1.165, 1.54) is 24.0 Å². The van der Waals surface area contributed by atoms with Crippen molar-refractivity contribution >= 4 is 0 Å². The van der Waals surface area contributed by atoms with E-state index in [1.807, 2.05) is 0 Å². The Balaban J connectivity index is 1.54. The maximum atomic E-state index is 5.70. The van der Waals surface area contributed by atoms with Gasteiger partial charge in [0.15, 0.2) is 5.82 Å². The first kappa shape index (κ1) is 17.7. The van der Waals surface area contributed by atoms with Crippen molar-refractivity contribution in [2.75, 3.05) is 26.7 Å². The monoisotopic (exact) mass is 354 g/mol. The normalized spacial score (nSPS) is 24.2. The van der Waals surface area contributed by atoms with Gasteiger partial charge in [0.2, 0.25) is 5.89 Å². The van der Waals surface area contributed by atoms with Gasteiger partial charge in [0.05, 0.1) is 12.0 Å².